The number of halogens is 3. The normalized spacial score (nSPS) is 25.8. The van der Waals surface area contributed by atoms with Gasteiger partial charge in [-0.1, -0.05) is 19.1 Å². The van der Waals surface area contributed by atoms with Crippen LogP contribution in [0.15, 0.2) is 42.5 Å². The van der Waals surface area contributed by atoms with Gasteiger partial charge in [0.1, 0.15) is 5.78 Å². The van der Waals surface area contributed by atoms with Gasteiger partial charge in [0.05, 0.1) is 12.0 Å². The molecule has 2 aromatic carbocycles. The van der Waals surface area contributed by atoms with Crippen LogP contribution < -0.4 is 10.6 Å². The predicted octanol–water partition coefficient (Wildman–Crippen LogP) is 7.00. The predicted molar refractivity (Wildman–Crippen MR) is 133 cm³/mol. The van der Waals surface area contributed by atoms with E-state index in [1.807, 2.05) is 19.1 Å². The molecule has 2 aliphatic rings. The Labute approximate surface area is 213 Å². The van der Waals surface area contributed by atoms with Gasteiger partial charge < -0.3 is 15.7 Å². The second-order valence-electron chi connectivity index (χ2n) is 10.6. The van der Waals surface area contributed by atoms with E-state index in [2.05, 4.69) is 10.6 Å². The number of anilines is 2. The lowest BCUT2D eigenvalue weighted by Crippen LogP contribution is -2.45. The summed E-state index contributed by atoms with van der Waals surface area (Å²) < 4.78 is 38.7. The van der Waals surface area contributed by atoms with E-state index in [0.717, 1.165) is 48.9 Å². The Morgan fingerprint density at radius 2 is 1.76 bits per heavy atom. The van der Waals surface area contributed by atoms with E-state index < -0.39 is 29.2 Å². The molecule has 0 heterocycles. The number of benzene rings is 2. The molecule has 6 nitrogen and oxygen atoms in total. The summed E-state index contributed by atoms with van der Waals surface area (Å²) in [7, 11) is 0. The average Bonchev–Trinajstić information content (AvgIpc) is 2.81. The molecule has 0 aromatic heterocycles. The first-order chi connectivity index (χ1) is 17.4. The van der Waals surface area contributed by atoms with Crippen LogP contribution in [0.2, 0.25) is 0 Å². The molecule has 3 N–H and O–H groups in total. The van der Waals surface area contributed by atoms with Crippen LogP contribution in [0.3, 0.4) is 0 Å². The molecule has 0 radical (unpaired) electrons. The van der Waals surface area contributed by atoms with Crippen molar-refractivity contribution in [3.05, 3.63) is 59.2 Å². The zero-order valence-electron chi connectivity index (χ0n) is 20.8. The zero-order chi connectivity index (χ0) is 27.0. The largest absolute Gasteiger partial charge is 0.481 e. The number of ketones is 1. The first kappa shape index (κ1) is 26.7. The number of aliphatic carboxylic acids is 1. The Morgan fingerprint density at radius 1 is 1.05 bits per heavy atom. The molecule has 4 unspecified atom stereocenters. The molecule has 4 rings (SSSR count). The molecular formula is C28H31F3N2O4. The number of alkyl halides is 3. The van der Waals surface area contributed by atoms with Crippen molar-refractivity contribution in [3.63, 3.8) is 0 Å². The molecule has 9 heteroatoms. The number of hydrogen-bond donors (Lipinski definition) is 3. The third-order valence-corrected chi connectivity index (χ3v) is 7.94. The minimum atomic E-state index is -4.50. The van der Waals surface area contributed by atoms with Crippen LogP contribution in [-0.2, 0) is 15.8 Å². The van der Waals surface area contributed by atoms with Crippen molar-refractivity contribution >= 4 is 29.2 Å². The van der Waals surface area contributed by atoms with Crippen LogP contribution in [-0.4, -0.2) is 22.9 Å². The molecule has 198 valence electrons. The van der Waals surface area contributed by atoms with Gasteiger partial charge in [-0.05, 0) is 92.3 Å². The first-order valence-electron chi connectivity index (χ1n) is 12.5. The maximum Gasteiger partial charge on any atom is 0.416 e. The van der Waals surface area contributed by atoms with Gasteiger partial charge in [0, 0.05) is 22.7 Å². The van der Waals surface area contributed by atoms with E-state index in [1.165, 1.54) is 12.1 Å². The number of carbonyl (C=O) groups is 3. The third-order valence-electron chi connectivity index (χ3n) is 7.94. The maximum atomic E-state index is 13.1. The molecule has 0 bridgehead atoms. The van der Waals surface area contributed by atoms with Gasteiger partial charge in [0.25, 0.3) is 0 Å². The molecule has 2 aromatic rings. The summed E-state index contributed by atoms with van der Waals surface area (Å²) in [6.07, 6.45) is -0.748. The first-order valence-corrected chi connectivity index (χ1v) is 12.5. The number of carbonyl (C=O) groups excluding carboxylic acids is 2. The lowest BCUT2D eigenvalue weighted by atomic mass is 9.58. The van der Waals surface area contributed by atoms with Crippen molar-refractivity contribution in [2.45, 2.75) is 64.5 Å². The quantitative estimate of drug-likeness (QED) is 0.399. The number of rotatable bonds is 5. The number of carboxylic acid groups (broad SMARTS) is 1. The number of fused-ring (bicyclic) bond motifs is 1. The smallest absolute Gasteiger partial charge is 0.416 e. The van der Waals surface area contributed by atoms with Crippen LogP contribution in [0.5, 0.6) is 0 Å². The van der Waals surface area contributed by atoms with Crippen molar-refractivity contribution in [1.29, 1.82) is 0 Å². The number of hydrogen-bond acceptors (Lipinski definition) is 3. The summed E-state index contributed by atoms with van der Waals surface area (Å²) in [6.45, 7) is 3.73. The van der Waals surface area contributed by atoms with E-state index in [4.69, 9.17) is 0 Å². The van der Waals surface area contributed by atoms with Crippen LogP contribution in [0, 0.1) is 24.2 Å². The summed E-state index contributed by atoms with van der Waals surface area (Å²) in [6, 6.07) is 9.37. The van der Waals surface area contributed by atoms with Crippen LogP contribution >= 0.6 is 0 Å². The molecule has 0 spiro atoms. The summed E-state index contributed by atoms with van der Waals surface area (Å²) in [5, 5.41) is 14.3. The number of aryl methyl sites for hydroxylation is 1. The van der Waals surface area contributed by atoms with E-state index in [0.29, 0.717) is 12.1 Å². The van der Waals surface area contributed by atoms with Crippen molar-refractivity contribution in [2.75, 3.05) is 10.6 Å². The van der Waals surface area contributed by atoms with Gasteiger partial charge in [-0.3, -0.25) is 9.59 Å². The SMILES string of the molecule is Cc1cc(NC(=O)Nc2cccc(C(F)(F)F)c2)ccc1C1CCC2C(=O)C(C)(CC(=O)O)CCC2C1. The summed E-state index contributed by atoms with van der Waals surface area (Å²) in [5.41, 5.74) is 1.08. The zero-order valence-corrected chi connectivity index (χ0v) is 20.8. The van der Waals surface area contributed by atoms with Crippen LogP contribution in [0.25, 0.3) is 0 Å². The highest BCUT2D eigenvalue weighted by atomic mass is 19.4. The fourth-order valence-electron chi connectivity index (χ4n) is 6.07. The fraction of sp³-hybridized carbons (Fsp3) is 0.464. The van der Waals surface area contributed by atoms with Crippen molar-refractivity contribution in [2.24, 2.45) is 17.3 Å². The Morgan fingerprint density at radius 3 is 2.41 bits per heavy atom. The van der Waals surface area contributed by atoms with E-state index >= 15 is 0 Å². The topological polar surface area (TPSA) is 95.5 Å². The van der Waals surface area contributed by atoms with Crippen LogP contribution in [0.1, 0.15) is 68.1 Å². The standard InChI is InChI=1S/C28H31F3N2O4/c1-16-12-21(33-26(37)32-20-5-3-4-19(14-20)28(29,30)31)7-9-22(16)17-6-8-23-18(13-17)10-11-27(2,25(23)36)15-24(34)35/h3-5,7,9,12,14,17-18,23H,6,8,10-11,13,15H2,1-2H3,(H,34,35)(H2,32,33,37). The van der Waals surface area contributed by atoms with E-state index in [9.17, 15) is 32.7 Å². The second kappa shape index (κ2) is 10.2. The third kappa shape index (κ3) is 5.97. The Hall–Kier alpha value is -3.36. The minimum Gasteiger partial charge on any atom is -0.481 e. The molecule has 37 heavy (non-hydrogen) atoms. The lowest BCUT2D eigenvalue weighted by Gasteiger charge is -2.45. The number of nitrogens with one attached hydrogen (secondary N) is 2. The summed E-state index contributed by atoms with van der Waals surface area (Å²) >= 11 is 0. The maximum absolute atomic E-state index is 13.1. The number of carboxylic acids is 1. The molecule has 4 atom stereocenters. The van der Waals surface area contributed by atoms with Gasteiger partial charge >= 0.3 is 18.2 Å². The highest BCUT2D eigenvalue weighted by Gasteiger charge is 2.48. The minimum absolute atomic E-state index is 0.0407. The molecular weight excluding hydrogens is 485 g/mol. The Kier molecular flexibility index (Phi) is 7.35. The Balaban J connectivity index is 1.38. The van der Waals surface area contributed by atoms with E-state index in [-0.39, 0.29) is 35.6 Å². The Bertz CT molecular complexity index is 1210. The van der Waals surface area contributed by atoms with Gasteiger partial charge in [-0.2, -0.15) is 13.2 Å². The molecule has 2 amide bonds. The van der Waals surface area contributed by atoms with Gasteiger partial charge in [-0.25, -0.2) is 4.79 Å². The monoisotopic (exact) mass is 516 g/mol. The second-order valence-corrected chi connectivity index (χ2v) is 10.6. The van der Waals surface area contributed by atoms with Gasteiger partial charge in [0.2, 0.25) is 0 Å². The highest BCUT2D eigenvalue weighted by molar-refractivity contribution is 5.99. The molecule has 2 fully saturated rings. The number of urea groups is 1. The average molecular weight is 517 g/mol. The summed E-state index contributed by atoms with van der Waals surface area (Å²) in [4.78, 5) is 36.7. The van der Waals surface area contributed by atoms with Crippen molar-refractivity contribution in [1.82, 2.24) is 0 Å². The number of Topliss-reactive ketones (excluding diaryl/α,β-unsaturated/α-hetero) is 1. The van der Waals surface area contributed by atoms with Crippen molar-refractivity contribution in [3.8, 4) is 0 Å². The molecule has 2 saturated carbocycles. The number of amides is 2. The highest BCUT2D eigenvalue weighted by Crippen LogP contribution is 2.51. The fourth-order valence-corrected chi connectivity index (χ4v) is 6.07. The van der Waals surface area contributed by atoms with Crippen LogP contribution in [0.4, 0.5) is 29.3 Å². The molecule has 2 aliphatic carbocycles. The molecule has 0 saturated heterocycles. The van der Waals surface area contributed by atoms with Crippen molar-refractivity contribution < 1.29 is 32.7 Å². The van der Waals surface area contributed by atoms with Gasteiger partial charge in [0.15, 0.2) is 0 Å². The lowest BCUT2D eigenvalue weighted by molar-refractivity contribution is -0.150. The van der Waals surface area contributed by atoms with Gasteiger partial charge in [-0.15, -0.1) is 0 Å². The summed E-state index contributed by atoms with van der Waals surface area (Å²) in [5.74, 6) is -0.423. The molecule has 0 aliphatic heterocycles. The van der Waals surface area contributed by atoms with E-state index in [1.54, 1.807) is 13.0 Å².